The number of rotatable bonds is 8. The van der Waals surface area contributed by atoms with Crippen molar-refractivity contribution in [3.63, 3.8) is 0 Å². The Hall–Kier alpha value is -1.11. The summed E-state index contributed by atoms with van der Waals surface area (Å²) in [6, 6.07) is 0.630. The number of nitrogens with zero attached hydrogens (tertiary/aromatic N) is 2. The molecule has 0 aromatic heterocycles. The lowest BCUT2D eigenvalue weighted by Crippen LogP contribution is -2.49. The van der Waals surface area contributed by atoms with Crippen molar-refractivity contribution in [2.45, 2.75) is 89.9 Å². The number of carbonyl (C=O) groups excluding carboxylic acids is 1. The van der Waals surface area contributed by atoms with E-state index in [1.165, 1.54) is 58.0 Å². The number of likely N-dealkylation sites (tertiary alicyclic amines) is 2. The third-order valence-corrected chi connectivity index (χ3v) is 8.27. The van der Waals surface area contributed by atoms with Gasteiger partial charge < -0.3 is 24.4 Å². The molecule has 2 saturated heterocycles. The van der Waals surface area contributed by atoms with Crippen LogP contribution in [0.25, 0.3) is 0 Å². The normalized spacial score (nSPS) is 30.9. The summed E-state index contributed by atoms with van der Waals surface area (Å²) in [6.45, 7) is 6.84. The predicted molar refractivity (Wildman–Crippen MR) is 125 cm³/mol. The van der Waals surface area contributed by atoms with Gasteiger partial charge in [0.2, 0.25) is 6.29 Å². The molecule has 3 fully saturated rings. The van der Waals surface area contributed by atoms with E-state index in [2.05, 4.69) is 11.0 Å². The summed E-state index contributed by atoms with van der Waals surface area (Å²) in [7, 11) is 0. The lowest BCUT2D eigenvalue weighted by molar-refractivity contribution is -0.179. The van der Waals surface area contributed by atoms with Crippen molar-refractivity contribution in [3.8, 4) is 0 Å². The quantitative estimate of drug-likeness (QED) is 0.610. The van der Waals surface area contributed by atoms with Crippen molar-refractivity contribution in [1.82, 2.24) is 9.80 Å². The first-order valence-electron chi connectivity index (χ1n) is 13.4. The molecular weight excluding hydrogens is 404 g/mol. The lowest BCUT2D eigenvalue weighted by atomic mass is 9.76. The van der Waals surface area contributed by atoms with E-state index in [-0.39, 0.29) is 24.7 Å². The second kappa shape index (κ2) is 11.8. The molecule has 0 radical (unpaired) electrons. The number of piperidine rings is 2. The topological polar surface area (TPSA) is 62.2 Å². The first-order chi connectivity index (χ1) is 15.7. The fraction of sp³-hybridized carbons (Fsp3) is 0.885. The number of amides is 1. The molecular formula is C26H44N2O4. The van der Waals surface area contributed by atoms with Gasteiger partial charge in [-0.3, -0.25) is 4.79 Å². The smallest absolute Gasteiger partial charge is 0.288 e. The van der Waals surface area contributed by atoms with Gasteiger partial charge in [-0.15, -0.1) is 0 Å². The minimum absolute atomic E-state index is 0.0513. The molecule has 3 aliphatic heterocycles. The van der Waals surface area contributed by atoms with Gasteiger partial charge in [0, 0.05) is 38.3 Å². The first-order valence-corrected chi connectivity index (χ1v) is 13.4. The molecule has 0 spiro atoms. The molecule has 1 saturated carbocycles. The van der Waals surface area contributed by atoms with Crippen LogP contribution in [0.2, 0.25) is 0 Å². The van der Waals surface area contributed by atoms with Gasteiger partial charge in [-0.05, 0) is 89.3 Å². The highest BCUT2D eigenvalue weighted by atomic mass is 16.7. The Labute approximate surface area is 194 Å². The number of aliphatic hydroxyl groups is 1. The fourth-order valence-corrected chi connectivity index (χ4v) is 6.53. The Morgan fingerprint density at radius 3 is 2.44 bits per heavy atom. The molecule has 0 aromatic carbocycles. The predicted octanol–water partition coefficient (Wildman–Crippen LogP) is 3.94. The highest BCUT2D eigenvalue weighted by Crippen LogP contribution is 2.43. The Kier molecular flexibility index (Phi) is 8.90. The van der Waals surface area contributed by atoms with E-state index in [4.69, 9.17) is 9.47 Å². The summed E-state index contributed by atoms with van der Waals surface area (Å²) in [5.74, 6) is 1.68. The van der Waals surface area contributed by atoms with Gasteiger partial charge in [0.25, 0.3) is 5.91 Å². The maximum Gasteiger partial charge on any atom is 0.288 e. The molecule has 1 aliphatic carbocycles. The zero-order chi connectivity index (χ0) is 22.3. The Balaban J connectivity index is 1.44. The van der Waals surface area contributed by atoms with Crippen LogP contribution >= 0.6 is 0 Å². The van der Waals surface area contributed by atoms with Gasteiger partial charge >= 0.3 is 0 Å². The van der Waals surface area contributed by atoms with Crippen LogP contribution in [0, 0.1) is 17.8 Å². The van der Waals surface area contributed by atoms with Gasteiger partial charge in [0.05, 0.1) is 0 Å². The average Bonchev–Trinajstić information content (AvgIpc) is 3.38. The van der Waals surface area contributed by atoms with Crippen molar-refractivity contribution in [2.24, 2.45) is 17.8 Å². The number of ether oxygens (including phenoxy) is 2. The summed E-state index contributed by atoms with van der Waals surface area (Å²) in [5, 5.41) is 9.43. The van der Waals surface area contributed by atoms with Gasteiger partial charge in [0.1, 0.15) is 0 Å². The molecule has 4 aliphatic rings. The lowest BCUT2D eigenvalue weighted by Gasteiger charge is -2.42. The summed E-state index contributed by atoms with van der Waals surface area (Å²) >= 11 is 0. The van der Waals surface area contributed by atoms with Crippen molar-refractivity contribution < 1.29 is 19.4 Å². The zero-order valence-corrected chi connectivity index (χ0v) is 20.1. The van der Waals surface area contributed by atoms with Gasteiger partial charge in [-0.2, -0.15) is 0 Å². The monoisotopic (exact) mass is 448 g/mol. The van der Waals surface area contributed by atoms with Crippen LogP contribution in [0.5, 0.6) is 0 Å². The number of hydrogen-bond donors (Lipinski definition) is 1. The Morgan fingerprint density at radius 1 is 1.06 bits per heavy atom. The summed E-state index contributed by atoms with van der Waals surface area (Å²) < 4.78 is 12.3. The summed E-state index contributed by atoms with van der Waals surface area (Å²) in [4.78, 5) is 18.1. The molecule has 0 unspecified atom stereocenters. The van der Waals surface area contributed by atoms with E-state index in [9.17, 15) is 9.90 Å². The van der Waals surface area contributed by atoms with Gasteiger partial charge in [-0.1, -0.05) is 19.3 Å². The molecule has 182 valence electrons. The molecule has 1 N–H and O–H groups in total. The molecule has 3 heterocycles. The number of allylic oxidation sites excluding steroid dienone is 1. The highest BCUT2D eigenvalue weighted by Gasteiger charge is 2.42. The van der Waals surface area contributed by atoms with Gasteiger partial charge in [0.15, 0.2) is 5.76 Å². The van der Waals surface area contributed by atoms with E-state index < -0.39 is 0 Å². The van der Waals surface area contributed by atoms with Crippen molar-refractivity contribution in [2.75, 3.05) is 39.4 Å². The highest BCUT2D eigenvalue weighted by molar-refractivity contribution is 5.91. The molecule has 6 nitrogen and oxygen atoms in total. The molecule has 1 amide bonds. The minimum atomic E-state index is -0.382. The molecule has 0 bridgehead atoms. The SMILES string of the molecule is CCO[C@@H]1OC(C(=O)N2CCC(N3CCCCC3)CC2)=C[C@H](C2CCCC2)[C@H]1CCCO. The Morgan fingerprint density at radius 2 is 1.78 bits per heavy atom. The first kappa shape index (κ1) is 24.0. The van der Waals surface area contributed by atoms with E-state index in [1.807, 2.05) is 11.8 Å². The number of carbonyl (C=O) groups is 1. The van der Waals surface area contributed by atoms with Crippen molar-refractivity contribution in [3.05, 3.63) is 11.8 Å². The van der Waals surface area contributed by atoms with Crippen LogP contribution in [0.15, 0.2) is 11.8 Å². The average molecular weight is 449 g/mol. The summed E-state index contributed by atoms with van der Waals surface area (Å²) in [5.41, 5.74) is 0. The molecule has 32 heavy (non-hydrogen) atoms. The van der Waals surface area contributed by atoms with E-state index in [0.29, 0.717) is 30.2 Å². The van der Waals surface area contributed by atoms with Gasteiger partial charge in [-0.25, -0.2) is 0 Å². The largest absolute Gasteiger partial charge is 0.459 e. The molecule has 4 rings (SSSR count). The molecule has 3 atom stereocenters. The molecule has 6 heteroatoms. The van der Waals surface area contributed by atoms with E-state index >= 15 is 0 Å². The maximum absolute atomic E-state index is 13.5. The maximum atomic E-state index is 13.5. The van der Waals surface area contributed by atoms with Crippen LogP contribution in [-0.4, -0.2) is 72.5 Å². The van der Waals surface area contributed by atoms with Crippen LogP contribution in [0.3, 0.4) is 0 Å². The third-order valence-electron chi connectivity index (χ3n) is 8.27. The number of aliphatic hydroxyl groups excluding tert-OH is 1. The van der Waals surface area contributed by atoms with Crippen LogP contribution in [0.1, 0.15) is 77.6 Å². The van der Waals surface area contributed by atoms with Crippen molar-refractivity contribution >= 4 is 5.91 Å². The Bertz CT molecular complexity index is 619. The summed E-state index contributed by atoms with van der Waals surface area (Å²) in [6.07, 6.45) is 14.5. The fourth-order valence-electron chi connectivity index (χ4n) is 6.53. The minimum Gasteiger partial charge on any atom is -0.459 e. The third kappa shape index (κ3) is 5.68. The second-order valence-electron chi connectivity index (χ2n) is 10.2. The van der Waals surface area contributed by atoms with E-state index in [0.717, 1.165) is 38.8 Å². The van der Waals surface area contributed by atoms with Crippen LogP contribution < -0.4 is 0 Å². The zero-order valence-electron chi connectivity index (χ0n) is 20.1. The van der Waals surface area contributed by atoms with Crippen molar-refractivity contribution in [1.29, 1.82) is 0 Å². The molecule has 0 aromatic rings. The van der Waals surface area contributed by atoms with Crippen LogP contribution in [0.4, 0.5) is 0 Å². The number of hydrogen-bond acceptors (Lipinski definition) is 5. The second-order valence-corrected chi connectivity index (χ2v) is 10.2. The van der Waals surface area contributed by atoms with Crippen LogP contribution in [-0.2, 0) is 14.3 Å². The van der Waals surface area contributed by atoms with E-state index in [1.54, 1.807) is 0 Å². The standard InChI is InChI=1S/C26H44N2O4/c1-2-31-26-22(11-8-18-29)23(20-9-4-5-10-20)19-24(32-26)25(30)28-16-12-21(13-17-28)27-14-6-3-7-15-27/h19-23,26,29H,2-18H2,1H3/t22-,23-,26-/m1/s1.